The fourth-order valence-corrected chi connectivity index (χ4v) is 1.82. The van der Waals surface area contributed by atoms with Crippen LogP contribution in [0.2, 0.25) is 0 Å². The van der Waals surface area contributed by atoms with Crippen LogP contribution in [0.1, 0.15) is 5.56 Å². The molecule has 2 aromatic rings. The first kappa shape index (κ1) is 14.7. The molecule has 21 heavy (non-hydrogen) atoms. The van der Waals surface area contributed by atoms with E-state index in [4.69, 9.17) is 5.26 Å². The molecule has 0 atom stereocenters. The number of nitrogens with one attached hydrogen (secondary N) is 1. The number of hydrogen-bond donors (Lipinski definition) is 1. The van der Waals surface area contributed by atoms with Gasteiger partial charge >= 0.3 is 0 Å². The molecule has 0 radical (unpaired) electrons. The van der Waals surface area contributed by atoms with Gasteiger partial charge in [0.2, 0.25) is 11.4 Å². The minimum atomic E-state index is -2.28. The molecule has 8 heteroatoms. The van der Waals surface area contributed by atoms with Gasteiger partial charge < -0.3 is 4.98 Å². The molecule has 0 spiro atoms. The minimum absolute atomic E-state index is 0.149. The van der Waals surface area contributed by atoms with Gasteiger partial charge in [-0.05, 0) is 5.56 Å². The van der Waals surface area contributed by atoms with Crippen LogP contribution in [0.3, 0.4) is 0 Å². The van der Waals surface area contributed by atoms with Crippen molar-refractivity contribution in [3.8, 4) is 17.2 Å². The summed E-state index contributed by atoms with van der Waals surface area (Å²) in [7, 11) is 0. The highest BCUT2D eigenvalue weighted by Crippen LogP contribution is 2.32. The number of aromatic nitrogens is 1. The highest BCUT2D eigenvalue weighted by Gasteiger charge is 2.27. The predicted molar refractivity (Wildman–Crippen MR) is 61.6 cm³/mol. The number of benzene rings is 1. The molecule has 1 aromatic heterocycles. The second-order valence-corrected chi connectivity index (χ2v) is 4.02. The van der Waals surface area contributed by atoms with E-state index in [0.717, 1.165) is 12.3 Å². The smallest absolute Gasteiger partial charge is 0.248 e. The highest BCUT2D eigenvalue weighted by molar-refractivity contribution is 5.68. The Hall–Kier alpha value is -2.69. The molecular formula is C13H5F5N2O. The predicted octanol–water partition coefficient (Wildman–Crippen LogP) is 2.80. The molecule has 0 aliphatic heterocycles. The van der Waals surface area contributed by atoms with E-state index in [1.165, 1.54) is 0 Å². The van der Waals surface area contributed by atoms with Crippen LogP contribution in [0.25, 0.3) is 11.1 Å². The second kappa shape index (κ2) is 5.36. The SMILES string of the molecule is N#CCc1cc(=O)[nH]cc1-c1c(F)c(F)c(F)c(F)c1F. The summed E-state index contributed by atoms with van der Waals surface area (Å²) >= 11 is 0. The number of halogens is 5. The van der Waals surface area contributed by atoms with Crippen molar-refractivity contribution in [3.05, 3.63) is 57.3 Å². The number of H-pyrrole nitrogens is 1. The lowest BCUT2D eigenvalue weighted by Gasteiger charge is -2.11. The molecule has 0 unspecified atom stereocenters. The molecule has 3 nitrogen and oxygen atoms in total. The lowest BCUT2D eigenvalue weighted by Crippen LogP contribution is -2.10. The summed E-state index contributed by atoms with van der Waals surface area (Å²) in [6.07, 6.45) is 0.367. The summed E-state index contributed by atoms with van der Waals surface area (Å²) in [6.45, 7) is 0. The lowest BCUT2D eigenvalue weighted by molar-refractivity contribution is 0.381. The highest BCUT2D eigenvalue weighted by atomic mass is 19.2. The maximum absolute atomic E-state index is 13.7. The van der Waals surface area contributed by atoms with E-state index in [0.29, 0.717) is 0 Å². The van der Waals surface area contributed by atoms with Gasteiger partial charge in [-0.3, -0.25) is 4.79 Å². The first-order chi connectivity index (χ1) is 9.88. The van der Waals surface area contributed by atoms with E-state index >= 15 is 0 Å². The van der Waals surface area contributed by atoms with Crippen LogP contribution in [-0.4, -0.2) is 4.98 Å². The third kappa shape index (κ3) is 2.38. The van der Waals surface area contributed by atoms with Crippen LogP contribution in [0.15, 0.2) is 17.1 Å². The number of pyridine rings is 1. The Morgan fingerprint density at radius 2 is 1.52 bits per heavy atom. The average molecular weight is 300 g/mol. The second-order valence-electron chi connectivity index (χ2n) is 4.02. The van der Waals surface area contributed by atoms with Gasteiger partial charge in [0, 0.05) is 17.8 Å². The van der Waals surface area contributed by atoms with Crippen LogP contribution in [-0.2, 0) is 6.42 Å². The Morgan fingerprint density at radius 1 is 1.00 bits per heavy atom. The van der Waals surface area contributed by atoms with Crippen molar-refractivity contribution in [1.29, 1.82) is 5.26 Å². The molecule has 2 rings (SSSR count). The van der Waals surface area contributed by atoms with Gasteiger partial charge in [0.05, 0.1) is 18.1 Å². The fraction of sp³-hybridized carbons (Fsp3) is 0.0769. The number of nitrogens with zero attached hydrogens (tertiary/aromatic N) is 1. The molecule has 108 valence electrons. The van der Waals surface area contributed by atoms with E-state index in [1.807, 2.05) is 0 Å². The average Bonchev–Trinajstić information content (AvgIpc) is 2.46. The van der Waals surface area contributed by atoms with Crippen molar-refractivity contribution >= 4 is 0 Å². The van der Waals surface area contributed by atoms with Gasteiger partial charge in [-0.2, -0.15) is 5.26 Å². The topological polar surface area (TPSA) is 56.6 Å². The number of rotatable bonds is 2. The Kier molecular flexibility index (Phi) is 3.76. The molecule has 1 N–H and O–H groups in total. The molecular weight excluding hydrogens is 295 g/mol. The maximum Gasteiger partial charge on any atom is 0.248 e. The van der Waals surface area contributed by atoms with Crippen LogP contribution < -0.4 is 5.56 Å². The maximum atomic E-state index is 13.7. The normalized spacial score (nSPS) is 10.5. The Morgan fingerprint density at radius 3 is 2.05 bits per heavy atom. The summed E-state index contributed by atoms with van der Waals surface area (Å²) in [6, 6.07) is 2.50. The summed E-state index contributed by atoms with van der Waals surface area (Å²) in [4.78, 5) is 13.2. The summed E-state index contributed by atoms with van der Waals surface area (Å²) in [5.41, 5.74) is -2.45. The van der Waals surface area contributed by atoms with Crippen LogP contribution in [0, 0.1) is 40.4 Å². The van der Waals surface area contributed by atoms with E-state index in [9.17, 15) is 26.7 Å². The summed E-state index contributed by atoms with van der Waals surface area (Å²) in [5, 5.41) is 8.62. The molecule has 0 bridgehead atoms. The van der Waals surface area contributed by atoms with Crippen LogP contribution >= 0.6 is 0 Å². The first-order valence-corrected chi connectivity index (χ1v) is 5.48. The van der Waals surface area contributed by atoms with Crippen LogP contribution in [0.4, 0.5) is 22.0 Å². The standard InChI is InChI=1S/C13H5F5N2O/c14-9-8(10(15)12(17)13(18)11(9)16)6-4-20-7(21)3-5(6)1-2-19/h3-4H,1H2,(H,20,21). The summed E-state index contributed by atoms with van der Waals surface area (Å²) in [5.74, 6) is -10.5. The van der Waals surface area contributed by atoms with Crippen molar-refractivity contribution in [3.63, 3.8) is 0 Å². The molecule has 0 saturated carbocycles. The zero-order valence-electron chi connectivity index (χ0n) is 10.1. The third-order valence-corrected chi connectivity index (χ3v) is 2.76. The fourth-order valence-electron chi connectivity index (χ4n) is 1.82. The van der Waals surface area contributed by atoms with Crippen molar-refractivity contribution in [2.45, 2.75) is 6.42 Å². The molecule has 0 aliphatic rings. The van der Waals surface area contributed by atoms with Crippen molar-refractivity contribution < 1.29 is 22.0 Å². The number of aromatic amines is 1. The molecule has 1 heterocycles. The van der Waals surface area contributed by atoms with Crippen molar-refractivity contribution in [1.82, 2.24) is 4.98 Å². The molecule has 0 saturated heterocycles. The Labute approximate surface area is 114 Å². The molecule has 1 aromatic carbocycles. The molecule has 0 fully saturated rings. The van der Waals surface area contributed by atoms with E-state index in [1.54, 1.807) is 6.07 Å². The van der Waals surface area contributed by atoms with E-state index in [-0.39, 0.29) is 5.56 Å². The van der Waals surface area contributed by atoms with Crippen molar-refractivity contribution in [2.75, 3.05) is 0 Å². The monoisotopic (exact) mass is 300 g/mol. The Bertz CT molecular complexity index is 794. The van der Waals surface area contributed by atoms with Gasteiger partial charge in [-0.1, -0.05) is 0 Å². The van der Waals surface area contributed by atoms with Crippen LogP contribution in [0.5, 0.6) is 0 Å². The number of hydrogen-bond acceptors (Lipinski definition) is 2. The minimum Gasteiger partial charge on any atom is -0.328 e. The third-order valence-electron chi connectivity index (χ3n) is 2.76. The largest absolute Gasteiger partial charge is 0.328 e. The first-order valence-electron chi connectivity index (χ1n) is 5.48. The quantitative estimate of drug-likeness (QED) is 0.527. The zero-order chi connectivity index (χ0) is 15.7. The van der Waals surface area contributed by atoms with Gasteiger partial charge in [0.25, 0.3) is 0 Å². The molecule has 0 amide bonds. The van der Waals surface area contributed by atoms with E-state index < -0.39 is 52.2 Å². The van der Waals surface area contributed by atoms with Gasteiger partial charge in [0.15, 0.2) is 23.3 Å². The molecule has 0 aliphatic carbocycles. The van der Waals surface area contributed by atoms with E-state index in [2.05, 4.69) is 4.98 Å². The van der Waals surface area contributed by atoms with Crippen molar-refractivity contribution in [2.24, 2.45) is 0 Å². The van der Waals surface area contributed by atoms with Gasteiger partial charge in [-0.15, -0.1) is 0 Å². The lowest BCUT2D eigenvalue weighted by atomic mass is 9.98. The van der Waals surface area contributed by atoms with Gasteiger partial charge in [-0.25, -0.2) is 22.0 Å². The number of nitriles is 1. The van der Waals surface area contributed by atoms with Gasteiger partial charge in [0.1, 0.15) is 0 Å². The Balaban J connectivity index is 2.86. The zero-order valence-corrected chi connectivity index (χ0v) is 10.1. The summed E-state index contributed by atoms with van der Waals surface area (Å²) < 4.78 is 66.8.